The molecule has 0 unspecified atom stereocenters. The minimum atomic E-state index is -0.469. The molecule has 0 bridgehead atoms. The molecule has 1 N–H and O–H groups in total. The van der Waals surface area contributed by atoms with E-state index in [9.17, 15) is 10.1 Å². The van der Waals surface area contributed by atoms with E-state index >= 15 is 0 Å². The molecule has 2 rings (SSSR count). The van der Waals surface area contributed by atoms with E-state index in [0.717, 1.165) is 5.56 Å². The number of nitro groups is 1. The predicted molar refractivity (Wildman–Crippen MR) is 77.4 cm³/mol. The molecule has 6 heteroatoms. The number of hydrogen-bond donors (Lipinski definition) is 1. The molecule has 0 aliphatic rings. The van der Waals surface area contributed by atoms with Gasteiger partial charge in [0.15, 0.2) is 0 Å². The van der Waals surface area contributed by atoms with Crippen LogP contribution in [0.4, 0.5) is 5.69 Å². The standard InChI is InChI=1S/C14H13ClN2O3/c1-16-9-10-8-11(15)6-7-13(10)20-14-5-3-2-4-12(14)17(18)19/h2-8,16H,9H2,1H3. The molecule has 2 aromatic carbocycles. The highest BCUT2D eigenvalue weighted by Crippen LogP contribution is 2.33. The largest absolute Gasteiger partial charge is 0.450 e. The smallest absolute Gasteiger partial charge is 0.311 e. The lowest BCUT2D eigenvalue weighted by Gasteiger charge is -2.11. The molecule has 0 heterocycles. The van der Waals surface area contributed by atoms with Crippen LogP contribution in [0.25, 0.3) is 0 Å². The normalized spacial score (nSPS) is 10.3. The number of halogens is 1. The van der Waals surface area contributed by atoms with Gasteiger partial charge in [-0.15, -0.1) is 0 Å². The van der Waals surface area contributed by atoms with Crippen LogP contribution in [-0.2, 0) is 6.54 Å². The number of benzene rings is 2. The first-order valence-electron chi connectivity index (χ1n) is 5.96. The molecule has 0 amide bonds. The van der Waals surface area contributed by atoms with E-state index in [0.29, 0.717) is 17.3 Å². The quantitative estimate of drug-likeness (QED) is 0.673. The van der Waals surface area contributed by atoms with E-state index < -0.39 is 4.92 Å². The van der Waals surface area contributed by atoms with Crippen molar-refractivity contribution in [1.82, 2.24) is 5.32 Å². The number of ether oxygens (including phenoxy) is 1. The van der Waals surface area contributed by atoms with Gasteiger partial charge in [-0.05, 0) is 31.3 Å². The lowest BCUT2D eigenvalue weighted by atomic mass is 10.2. The Hall–Kier alpha value is -2.11. The molecule has 0 saturated carbocycles. The molecule has 0 aromatic heterocycles. The van der Waals surface area contributed by atoms with Crippen molar-refractivity contribution in [3.05, 3.63) is 63.2 Å². The first kappa shape index (κ1) is 14.3. The fourth-order valence-electron chi connectivity index (χ4n) is 1.79. The summed E-state index contributed by atoms with van der Waals surface area (Å²) in [7, 11) is 1.80. The second kappa shape index (κ2) is 6.36. The maximum absolute atomic E-state index is 11.0. The molecule has 2 aromatic rings. The Morgan fingerprint density at radius 3 is 2.70 bits per heavy atom. The molecule has 0 saturated heterocycles. The zero-order valence-corrected chi connectivity index (χ0v) is 11.6. The van der Waals surface area contributed by atoms with E-state index in [1.165, 1.54) is 6.07 Å². The van der Waals surface area contributed by atoms with E-state index in [2.05, 4.69) is 5.32 Å². The van der Waals surface area contributed by atoms with Gasteiger partial charge in [-0.3, -0.25) is 10.1 Å². The summed E-state index contributed by atoms with van der Waals surface area (Å²) in [4.78, 5) is 10.5. The third kappa shape index (κ3) is 3.26. The van der Waals surface area contributed by atoms with Crippen LogP contribution >= 0.6 is 11.6 Å². The summed E-state index contributed by atoms with van der Waals surface area (Å²) in [5, 5.41) is 14.6. The van der Waals surface area contributed by atoms with Crippen molar-refractivity contribution >= 4 is 17.3 Å². The van der Waals surface area contributed by atoms with Gasteiger partial charge in [-0.1, -0.05) is 23.7 Å². The van der Waals surface area contributed by atoms with Crippen molar-refractivity contribution in [2.75, 3.05) is 7.05 Å². The van der Waals surface area contributed by atoms with Gasteiger partial charge in [0.05, 0.1) is 4.92 Å². The van der Waals surface area contributed by atoms with E-state index in [-0.39, 0.29) is 11.4 Å². The fourth-order valence-corrected chi connectivity index (χ4v) is 1.98. The maximum atomic E-state index is 11.0. The van der Waals surface area contributed by atoms with Crippen LogP contribution in [0.5, 0.6) is 11.5 Å². The topological polar surface area (TPSA) is 64.4 Å². The Balaban J connectivity index is 2.37. The molecule has 5 nitrogen and oxygen atoms in total. The summed E-state index contributed by atoms with van der Waals surface area (Å²) >= 11 is 5.95. The third-order valence-corrected chi connectivity index (χ3v) is 2.91. The van der Waals surface area contributed by atoms with Gasteiger partial charge >= 0.3 is 5.69 Å². The zero-order valence-electron chi connectivity index (χ0n) is 10.8. The molecule has 0 fully saturated rings. The zero-order chi connectivity index (χ0) is 14.5. The fraction of sp³-hybridized carbons (Fsp3) is 0.143. The third-order valence-electron chi connectivity index (χ3n) is 2.67. The SMILES string of the molecule is CNCc1cc(Cl)ccc1Oc1ccccc1[N+](=O)[O-]. The van der Waals surface area contributed by atoms with Crippen molar-refractivity contribution < 1.29 is 9.66 Å². The van der Waals surface area contributed by atoms with Crippen LogP contribution in [-0.4, -0.2) is 12.0 Å². The Morgan fingerprint density at radius 2 is 2.00 bits per heavy atom. The highest BCUT2D eigenvalue weighted by molar-refractivity contribution is 6.30. The molecule has 0 aliphatic carbocycles. The lowest BCUT2D eigenvalue weighted by molar-refractivity contribution is -0.385. The molecule has 0 radical (unpaired) electrons. The monoisotopic (exact) mass is 292 g/mol. The van der Waals surface area contributed by atoms with Crippen LogP contribution in [0.2, 0.25) is 5.02 Å². The van der Waals surface area contributed by atoms with Crippen LogP contribution in [0.3, 0.4) is 0 Å². The number of nitro benzene ring substituents is 1. The Kier molecular flexibility index (Phi) is 4.55. The van der Waals surface area contributed by atoms with Crippen LogP contribution in [0.1, 0.15) is 5.56 Å². The first-order chi connectivity index (χ1) is 9.61. The van der Waals surface area contributed by atoms with Gasteiger partial charge in [-0.25, -0.2) is 0 Å². The van der Waals surface area contributed by atoms with Gasteiger partial charge in [0, 0.05) is 23.2 Å². The van der Waals surface area contributed by atoms with E-state index in [4.69, 9.17) is 16.3 Å². The summed E-state index contributed by atoms with van der Waals surface area (Å²) in [5.41, 5.74) is 0.760. The Bertz CT molecular complexity index is 632. The molecular formula is C14H13ClN2O3. The molecule has 0 atom stereocenters. The lowest BCUT2D eigenvalue weighted by Crippen LogP contribution is -2.06. The predicted octanol–water partition coefficient (Wildman–Crippen LogP) is 3.76. The van der Waals surface area contributed by atoms with Crippen LogP contribution < -0.4 is 10.1 Å². The average molecular weight is 293 g/mol. The molecule has 0 spiro atoms. The second-order valence-corrected chi connectivity index (χ2v) is 4.55. The molecule has 104 valence electrons. The number of para-hydroxylation sites is 2. The van der Waals surface area contributed by atoms with Gasteiger partial charge in [0.1, 0.15) is 5.75 Å². The van der Waals surface area contributed by atoms with E-state index in [1.807, 2.05) is 0 Å². The number of nitrogens with one attached hydrogen (secondary N) is 1. The Labute approximate surface area is 121 Å². The number of hydrogen-bond acceptors (Lipinski definition) is 4. The maximum Gasteiger partial charge on any atom is 0.311 e. The number of nitrogens with zero attached hydrogens (tertiary/aromatic N) is 1. The molecule has 20 heavy (non-hydrogen) atoms. The summed E-state index contributed by atoms with van der Waals surface area (Å²) < 4.78 is 5.67. The highest BCUT2D eigenvalue weighted by atomic mass is 35.5. The van der Waals surface area contributed by atoms with Gasteiger partial charge < -0.3 is 10.1 Å². The Morgan fingerprint density at radius 1 is 1.25 bits per heavy atom. The van der Waals surface area contributed by atoms with Crippen molar-refractivity contribution in [2.45, 2.75) is 6.54 Å². The highest BCUT2D eigenvalue weighted by Gasteiger charge is 2.15. The first-order valence-corrected chi connectivity index (χ1v) is 6.34. The minimum absolute atomic E-state index is 0.0714. The van der Waals surface area contributed by atoms with Gasteiger partial charge in [0.2, 0.25) is 5.75 Å². The van der Waals surface area contributed by atoms with Crippen LogP contribution in [0, 0.1) is 10.1 Å². The molecule has 0 aliphatic heterocycles. The summed E-state index contributed by atoms with van der Waals surface area (Å²) in [6.07, 6.45) is 0. The minimum Gasteiger partial charge on any atom is -0.450 e. The number of rotatable bonds is 5. The summed E-state index contributed by atoms with van der Waals surface area (Å²) in [6, 6.07) is 11.4. The summed E-state index contributed by atoms with van der Waals surface area (Å²) in [6.45, 7) is 0.552. The van der Waals surface area contributed by atoms with Gasteiger partial charge in [0.25, 0.3) is 0 Å². The molecular weight excluding hydrogens is 280 g/mol. The van der Waals surface area contributed by atoms with Crippen molar-refractivity contribution in [3.8, 4) is 11.5 Å². The van der Waals surface area contributed by atoms with Crippen molar-refractivity contribution in [3.63, 3.8) is 0 Å². The summed E-state index contributed by atoms with van der Waals surface area (Å²) in [5.74, 6) is 0.746. The van der Waals surface area contributed by atoms with Crippen molar-refractivity contribution in [1.29, 1.82) is 0 Å². The van der Waals surface area contributed by atoms with Gasteiger partial charge in [-0.2, -0.15) is 0 Å². The van der Waals surface area contributed by atoms with Crippen LogP contribution in [0.15, 0.2) is 42.5 Å². The average Bonchev–Trinajstić information content (AvgIpc) is 2.42. The van der Waals surface area contributed by atoms with E-state index in [1.54, 1.807) is 43.4 Å². The second-order valence-electron chi connectivity index (χ2n) is 4.11. The van der Waals surface area contributed by atoms with Crippen molar-refractivity contribution in [2.24, 2.45) is 0 Å².